The molecule has 0 aliphatic rings. The summed E-state index contributed by atoms with van der Waals surface area (Å²) in [4.78, 5) is 17.4. The van der Waals surface area contributed by atoms with Crippen LogP contribution in [0.15, 0.2) is 57.8 Å². The summed E-state index contributed by atoms with van der Waals surface area (Å²) in [7, 11) is 0. The van der Waals surface area contributed by atoms with Crippen molar-refractivity contribution in [1.82, 2.24) is 30.1 Å². The summed E-state index contributed by atoms with van der Waals surface area (Å²) in [5.41, 5.74) is 2.49. The predicted molar refractivity (Wildman–Crippen MR) is 98.4 cm³/mol. The summed E-state index contributed by atoms with van der Waals surface area (Å²) < 4.78 is 12.5. The van der Waals surface area contributed by atoms with E-state index in [1.54, 1.807) is 31.4 Å². The Labute approximate surface area is 158 Å². The molecule has 0 radical (unpaired) electrons. The van der Waals surface area contributed by atoms with Crippen molar-refractivity contribution >= 4 is 22.7 Å². The third kappa shape index (κ3) is 2.60. The first kappa shape index (κ1) is 16.2. The molecule has 138 valence electrons. The smallest absolute Gasteiger partial charge is 0.259 e. The molecular weight excluding hydrogens is 360 g/mol. The predicted octanol–water partition coefficient (Wildman–Crippen LogP) is 2.76. The number of nitrogens with one attached hydrogen (secondary N) is 1. The number of amides is 1. The third-order valence-electron chi connectivity index (χ3n) is 4.43. The minimum absolute atomic E-state index is 0.217. The lowest BCUT2D eigenvalue weighted by atomic mass is 10.1. The zero-order valence-electron chi connectivity index (χ0n) is 14.8. The number of aromatic nitrogens is 5. The van der Waals surface area contributed by atoms with Gasteiger partial charge in [-0.1, -0.05) is 11.2 Å². The van der Waals surface area contributed by atoms with Gasteiger partial charge in [-0.2, -0.15) is 0 Å². The Bertz CT molecular complexity index is 1300. The zero-order chi connectivity index (χ0) is 19.1. The standard InChI is InChI=1S/C19H14N6O3/c1-11-17-12(9-13(14-5-4-8-27-14)21-19(17)28-24-11)18(26)20-10-16-23-22-15-6-2-3-7-25(15)16/h2-9H,10H2,1H3,(H,20,26). The first-order valence-corrected chi connectivity index (χ1v) is 8.58. The van der Waals surface area contributed by atoms with Crippen molar-refractivity contribution in [2.75, 3.05) is 0 Å². The van der Waals surface area contributed by atoms with Gasteiger partial charge in [-0.3, -0.25) is 9.20 Å². The van der Waals surface area contributed by atoms with Gasteiger partial charge in [0.25, 0.3) is 11.6 Å². The molecule has 5 aromatic rings. The highest BCUT2D eigenvalue weighted by atomic mass is 16.5. The summed E-state index contributed by atoms with van der Waals surface area (Å²) >= 11 is 0. The van der Waals surface area contributed by atoms with E-state index in [0.717, 1.165) is 0 Å². The van der Waals surface area contributed by atoms with Crippen molar-refractivity contribution in [3.63, 3.8) is 0 Å². The van der Waals surface area contributed by atoms with Crippen LogP contribution in [0.5, 0.6) is 0 Å². The van der Waals surface area contributed by atoms with Gasteiger partial charge in [0.2, 0.25) is 0 Å². The van der Waals surface area contributed by atoms with Crippen LogP contribution in [0.4, 0.5) is 0 Å². The minimum Gasteiger partial charge on any atom is -0.463 e. The highest BCUT2D eigenvalue weighted by Crippen LogP contribution is 2.27. The molecule has 1 amide bonds. The summed E-state index contributed by atoms with van der Waals surface area (Å²) in [6.45, 7) is 1.98. The van der Waals surface area contributed by atoms with E-state index in [1.165, 1.54) is 0 Å². The molecule has 9 nitrogen and oxygen atoms in total. The van der Waals surface area contributed by atoms with E-state index in [0.29, 0.717) is 39.6 Å². The van der Waals surface area contributed by atoms with Crippen molar-refractivity contribution < 1.29 is 13.7 Å². The molecule has 0 bridgehead atoms. The van der Waals surface area contributed by atoms with Crippen LogP contribution in [0.1, 0.15) is 21.9 Å². The van der Waals surface area contributed by atoms with Crippen molar-refractivity contribution in [2.45, 2.75) is 13.5 Å². The third-order valence-corrected chi connectivity index (χ3v) is 4.43. The summed E-state index contributed by atoms with van der Waals surface area (Å²) in [6, 6.07) is 10.8. The Balaban J connectivity index is 1.50. The highest BCUT2D eigenvalue weighted by molar-refractivity contribution is 6.06. The second-order valence-electron chi connectivity index (χ2n) is 6.21. The van der Waals surface area contributed by atoms with Gasteiger partial charge in [0.15, 0.2) is 17.2 Å². The number of carbonyl (C=O) groups is 1. The molecule has 0 fully saturated rings. The number of aryl methyl sites for hydroxylation is 1. The summed E-state index contributed by atoms with van der Waals surface area (Å²) in [5, 5.41) is 15.6. The average Bonchev–Trinajstić information content (AvgIpc) is 3.46. The topological polar surface area (TPSA) is 111 Å². The molecule has 28 heavy (non-hydrogen) atoms. The molecule has 5 rings (SSSR count). The Kier molecular flexibility index (Phi) is 3.64. The van der Waals surface area contributed by atoms with Gasteiger partial charge in [-0.15, -0.1) is 10.2 Å². The average molecular weight is 374 g/mol. The molecule has 0 atom stereocenters. The molecule has 0 aliphatic heterocycles. The van der Waals surface area contributed by atoms with Crippen molar-refractivity contribution in [3.05, 3.63) is 65.9 Å². The monoisotopic (exact) mass is 374 g/mol. The van der Waals surface area contributed by atoms with E-state index in [4.69, 9.17) is 8.94 Å². The quantitative estimate of drug-likeness (QED) is 0.515. The van der Waals surface area contributed by atoms with Crippen LogP contribution < -0.4 is 5.32 Å². The summed E-state index contributed by atoms with van der Waals surface area (Å²) in [5.74, 6) is 0.871. The second-order valence-corrected chi connectivity index (χ2v) is 6.21. The van der Waals surface area contributed by atoms with Crippen molar-refractivity contribution in [2.24, 2.45) is 0 Å². The molecule has 0 aromatic carbocycles. The number of rotatable bonds is 4. The normalized spacial score (nSPS) is 11.3. The first-order chi connectivity index (χ1) is 13.7. The minimum atomic E-state index is -0.292. The van der Waals surface area contributed by atoms with Crippen LogP contribution in [-0.4, -0.2) is 30.6 Å². The Morgan fingerprint density at radius 1 is 1.21 bits per heavy atom. The van der Waals surface area contributed by atoms with Gasteiger partial charge in [-0.05, 0) is 37.3 Å². The second kappa shape index (κ2) is 6.31. The Hall–Kier alpha value is -4.01. The van der Waals surface area contributed by atoms with Crippen LogP contribution >= 0.6 is 0 Å². The number of fused-ring (bicyclic) bond motifs is 2. The van der Waals surface area contributed by atoms with Gasteiger partial charge >= 0.3 is 0 Å². The van der Waals surface area contributed by atoms with Crippen LogP contribution in [0.3, 0.4) is 0 Å². The number of pyridine rings is 2. The Morgan fingerprint density at radius 2 is 2.14 bits per heavy atom. The van der Waals surface area contributed by atoms with Gasteiger partial charge in [0.05, 0.1) is 29.5 Å². The fraction of sp³-hybridized carbons (Fsp3) is 0.105. The van der Waals surface area contributed by atoms with E-state index >= 15 is 0 Å². The van der Waals surface area contributed by atoms with E-state index < -0.39 is 0 Å². The molecule has 5 aromatic heterocycles. The fourth-order valence-electron chi connectivity index (χ4n) is 3.09. The molecule has 0 saturated carbocycles. The number of carbonyl (C=O) groups excluding carboxylic acids is 1. The number of nitrogens with zero attached hydrogens (tertiary/aromatic N) is 5. The molecule has 0 aliphatic carbocycles. The van der Waals surface area contributed by atoms with Crippen LogP contribution in [-0.2, 0) is 6.54 Å². The lowest BCUT2D eigenvalue weighted by Crippen LogP contribution is -2.24. The molecule has 5 heterocycles. The van der Waals surface area contributed by atoms with Crippen molar-refractivity contribution in [3.8, 4) is 11.5 Å². The highest BCUT2D eigenvalue weighted by Gasteiger charge is 2.20. The van der Waals surface area contributed by atoms with E-state index in [1.807, 2.05) is 28.8 Å². The molecule has 0 unspecified atom stereocenters. The Morgan fingerprint density at radius 3 is 3.00 bits per heavy atom. The maximum Gasteiger partial charge on any atom is 0.259 e. The zero-order valence-corrected chi connectivity index (χ0v) is 14.8. The fourth-order valence-corrected chi connectivity index (χ4v) is 3.09. The largest absolute Gasteiger partial charge is 0.463 e. The number of furan rings is 1. The van der Waals surface area contributed by atoms with Crippen molar-refractivity contribution in [1.29, 1.82) is 0 Å². The molecule has 1 N–H and O–H groups in total. The number of hydrogen-bond donors (Lipinski definition) is 1. The van der Waals surface area contributed by atoms with Crippen LogP contribution in [0.2, 0.25) is 0 Å². The molecular formula is C19H14N6O3. The van der Waals surface area contributed by atoms with E-state index in [2.05, 4.69) is 25.7 Å². The maximum atomic E-state index is 13.0. The van der Waals surface area contributed by atoms with E-state index in [-0.39, 0.29) is 18.2 Å². The van der Waals surface area contributed by atoms with Gasteiger partial charge in [0, 0.05) is 6.20 Å². The lowest BCUT2D eigenvalue weighted by molar-refractivity contribution is 0.0951. The molecule has 9 heteroatoms. The lowest BCUT2D eigenvalue weighted by Gasteiger charge is -2.07. The number of hydrogen-bond acceptors (Lipinski definition) is 7. The molecule has 0 spiro atoms. The van der Waals surface area contributed by atoms with Crippen LogP contribution in [0.25, 0.3) is 28.2 Å². The van der Waals surface area contributed by atoms with Gasteiger partial charge in [0.1, 0.15) is 5.69 Å². The van der Waals surface area contributed by atoms with Crippen LogP contribution in [0, 0.1) is 6.92 Å². The van der Waals surface area contributed by atoms with Gasteiger partial charge < -0.3 is 14.3 Å². The maximum absolute atomic E-state index is 13.0. The van der Waals surface area contributed by atoms with E-state index in [9.17, 15) is 4.79 Å². The molecule has 0 saturated heterocycles. The first-order valence-electron chi connectivity index (χ1n) is 8.58. The van der Waals surface area contributed by atoms with Gasteiger partial charge in [-0.25, -0.2) is 4.98 Å². The SMILES string of the molecule is Cc1noc2nc(-c3ccco3)cc(C(=O)NCc3nnc4ccccn34)c12. The summed E-state index contributed by atoms with van der Waals surface area (Å²) in [6.07, 6.45) is 3.39.